The van der Waals surface area contributed by atoms with Crippen LogP contribution in [0, 0.1) is 5.92 Å². The Kier molecular flexibility index (Phi) is 3.62. The Morgan fingerprint density at radius 2 is 2.23 bits per heavy atom. The van der Waals surface area contributed by atoms with Crippen LogP contribution in [0.25, 0.3) is 10.2 Å². The number of halogens is 1. The molecule has 2 heterocycles. The zero-order valence-corrected chi connectivity index (χ0v) is 14.7. The van der Waals surface area contributed by atoms with E-state index in [-0.39, 0.29) is 0 Å². The zero-order chi connectivity index (χ0) is 15.1. The highest BCUT2D eigenvalue weighted by Crippen LogP contribution is 2.40. The van der Waals surface area contributed by atoms with Gasteiger partial charge in [0.1, 0.15) is 17.0 Å². The molecule has 0 bridgehead atoms. The molecule has 5 heteroatoms. The monoisotopic (exact) mass is 373 g/mol. The van der Waals surface area contributed by atoms with E-state index in [0.29, 0.717) is 0 Å². The number of aryl methyl sites for hydroxylation is 1. The number of anilines is 2. The van der Waals surface area contributed by atoms with Gasteiger partial charge in [0.15, 0.2) is 0 Å². The van der Waals surface area contributed by atoms with E-state index < -0.39 is 0 Å². The molecule has 0 radical (unpaired) electrons. The second-order valence-corrected chi connectivity index (χ2v) is 7.89. The van der Waals surface area contributed by atoms with Crippen LogP contribution in [-0.4, -0.2) is 9.97 Å². The molecule has 1 aromatic carbocycles. The molecule has 4 rings (SSSR count). The van der Waals surface area contributed by atoms with Crippen LogP contribution >= 0.6 is 27.3 Å². The lowest BCUT2D eigenvalue weighted by Crippen LogP contribution is -2.09. The summed E-state index contributed by atoms with van der Waals surface area (Å²) in [6.07, 6.45) is 5.22. The molecular weight excluding hydrogens is 358 g/mol. The molecule has 112 valence electrons. The van der Waals surface area contributed by atoms with Crippen molar-refractivity contribution < 1.29 is 0 Å². The molecule has 0 saturated carbocycles. The van der Waals surface area contributed by atoms with Crippen molar-refractivity contribution in [1.82, 2.24) is 9.97 Å². The predicted molar refractivity (Wildman–Crippen MR) is 96.0 cm³/mol. The van der Waals surface area contributed by atoms with E-state index in [4.69, 9.17) is 0 Å². The van der Waals surface area contributed by atoms with Crippen LogP contribution < -0.4 is 5.32 Å². The standard InChI is InChI=1S/C17H16BrN3S/c1-10-5-6-13-14(7-10)22-17-15(13)16(19-9-20-17)21-12-4-2-3-11(18)8-12/h2-4,8-10H,5-7H2,1H3,(H,19,20,21). The predicted octanol–water partition coefficient (Wildman–Crippen LogP) is 5.32. The van der Waals surface area contributed by atoms with E-state index in [0.717, 1.165) is 33.1 Å². The minimum Gasteiger partial charge on any atom is -0.340 e. The normalized spacial score (nSPS) is 17.5. The first-order chi connectivity index (χ1) is 10.7. The Morgan fingerprint density at radius 3 is 3.09 bits per heavy atom. The Balaban J connectivity index is 1.81. The van der Waals surface area contributed by atoms with Crippen molar-refractivity contribution in [2.24, 2.45) is 5.92 Å². The van der Waals surface area contributed by atoms with E-state index in [2.05, 4.69) is 50.3 Å². The molecule has 0 aliphatic heterocycles. The lowest BCUT2D eigenvalue weighted by Gasteiger charge is -2.18. The van der Waals surface area contributed by atoms with Crippen LogP contribution in [0.15, 0.2) is 35.1 Å². The van der Waals surface area contributed by atoms with Crippen molar-refractivity contribution in [2.45, 2.75) is 26.2 Å². The number of nitrogens with zero attached hydrogens (tertiary/aromatic N) is 2. The Hall–Kier alpha value is -1.46. The Labute approximate surface area is 141 Å². The van der Waals surface area contributed by atoms with E-state index in [1.54, 1.807) is 6.33 Å². The summed E-state index contributed by atoms with van der Waals surface area (Å²) in [6.45, 7) is 2.33. The van der Waals surface area contributed by atoms with Crippen molar-refractivity contribution in [3.05, 3.63) is 45.5 Å². The first-order valence-electron chi connectivity index (χ1n) is 7.48. The number of rotatable bonds is 2. The van der Waals surface area contributed by atoms with Crippen LogP contribution in [0.2, 0.25) is 0 Å². The summed E-state index contributed by atoms with van der Waals surface area (Å²) in [5.41, 5.74) is 2.50. The molecule has 0 spiro atoms. The molecule has 22 heavy (non-hydrogen) atoms. The third-order valence-corrected chi connectivity index (χ3v) is 5.83. The lowest BCUT2D eigenvalue weighted by molar-refractivity contribution is 0.509. The highest BCUT2D eigenvalue weighted by atomic mass is 79.9. The van der Waals surface area contributed by atoms with Gasteiger partial charge in [0.2, 0.25) is 0 Å². The summed E-state index contributed by atoms with van der Waals surface area (Å²) >= 11 is 5.34. The fraction of sp³-hybridized carbons (Fsp3) is 0.294. The molecular formula is C17H16BrN3S. The fourth-order valence-corrected chi connectivity index (χ4v) is 4.82. The maximum absolute atomic E-state index is 4.50. The lowest BCUT2D eigenvalue weighted by atomic mass is 9.89. The number of benzene rings is 1. The third-order valence-electron chi connectivity index (χ3n) is 4.18. The smallest absolute Gasteiger partial charge is 0.142 e. The molecule has 0 fully saturated rings. The van der Waals surface area contributed by atoms with Crippen LogP contribution in [-0.2, 0) is 12.8 Å². The fourth-order valence-electron chi connectivity index (χ4n) is 3.07. The van der Waals surface area contributed by atoms with Crippen molar-refractivity contribution in [3.8, 4) is 0 Å². The van der Waals surface area contributed by atoms with Crippen molar-refractivity contribution in [2.75, 3.05) is 5.32 Å². The number of thiophene rings is 1. The molecule has 3 nitrogen and oxygen atoms in total. The Bertz CT molecular complexity index is 843. The van der Waals surface area contributed by atoms with Gasteiger partial charge in [0.25, 0.3) is 0 Å². The highest BCUT2D eigenvalue weighted by Gasteiger charge is 2.23. The average molecular weight is 374 g/mol. The second kappa shape index (κ2) is 5.63. The van der Waals surface area contributed by atoms with Gasteiger partial charge in [-0.3, -0.25) is 0 Å². The van der Waals surface area contributed by atoms with Crippen LogP contribution in [0.1, 0.15) is 23.8 Å². The van der Waals surface area contributed by atoms with Crippen LogP contribution in [0.4, 0.5) is 11.5 Å². The van der Waals surface area contributed by atoms with E-state index in [1.807, 2.05) is 23.5 Å². The van der Waals surface area contributed by atoms with E-state index in [9.17, 15) is 0 Å². The first kappa shape index (κ1) is 14.2. The van der Waals surface area contributed by atoms with Gasteiger partial charge in [-0.1, -0.05) is 28.9 Å². The molecule has 1 N–H and O–H groups in total. The van der Waals surface area contributed by atoms with Gasteiger partial charge in [-0.25, -0.2) is 9.97 Å². The van der Waals surface area contributed by atoms with Crippen LogP contribution in [0.5, 0.6) is 0 Å². The third kappa shape index (κ3) is 2.52. The number of nitrogens with one attached hydrogen (secondary N) is 1. The molecule has 3 aromatic rings. The quantitative estimate of drug-likeness (QED) is 0.660. The summed E-state index contributed by atoms with van der Waals surface area (Å²) in [5, 5.41) is 4.68. The van der Waals surface area contributed by atoms with Crippen molar-refractivity contribution in [1.29, 1.82) is 0 Å². The molecule has 0 saturated heterocycles. The van der Waals surface area contributed by atoms with Gasteiger partial charge in [-0.05, 0) is 48.9 Å². The topological polar surface area (TPSA) is 37.8 Å². The molecule has 2 aromatic heterocycles. The summed E-state index contributed by atoms with van der Waals surface area (Å²) in [7, 11) is 0. The zero-order valence-electron chi connectivity index (χ0n) is 12.3. The molecule has 1 aliphatic rings. The molecule has 0 amide bonds. The van der Waals surface area contributed by atoms with Gasteiger partial charge in [-0.2, -0.15) is 0 Å². The number of aromatic nitrogens is 2. The largest absolute Gasteiger partial charge is 0.340 e. The number of fused-ring (bicyclic) bond motifs is 3. The molecule has 1 atom stereocenters. The number of hydrogen-bond acceptors (Lipinski definition) is 4. The first-order valence-corrected chi connectivity index (χ1v) is 9.09. The highest BCUT2D eigenvalue weighted by molar-refractivity contribution is 9.10. The van der Waals surface area contributed by atoms with E-state index in [1.165, 1.54) is 28.7 Å². The minimum atomic E-state index is 0.773. The SMILES string of the molecule is CC1CCc2c(sc3ncnc(Nc4cccc(Br)c4)c23)C1. The maximum Gasteiger partial charge on any atom is 0.142 e. The minimum absolute atomic E-state index is 0.773. The maximum atomic E-state index is 4.50. The van der Waals surface area contributed by atoms with Crippen LogP contribution in [0.3, 0.4) is 0 Å². The Morgan fingerprint density at radius 1 is 1.32 bits per heavy atom. The number of hydrogen-bond donors (Lipinski definition) is 1. The van der Waals surface area contributed by atoms with Crippen molar-refractivity contribution in [3.63, 3.8) is 0 Å². The van der Waals surface area contributed by atoms with Gasteiger partial charge in [0.05, 0.1) is 5.39 Å². The summed E-state index contributed by atoms with van der Waals surface area (Å²) in [4.78, 5) is 11.6. The summed E-state index contributed by atoms with van der Waals surface area (Å²) in [5.74, 6) is 1.70. The van der Waals surface area contributed by atoms with Gasteiger partial charge in [0, 0.05) is 15.0 Å². The van der Waals surface area contributed by atoms with Gasteiger partial charge in [-0.15, -0.1) is 11.3 Å². The molecule has 1 aliphatic carbocycles. The average Bonchev–Trinajstić information content (AvgIpc) is 2.85. The summed E-state index contributed by atoms with van der Waals surface area (Å²) < 4.78 is 1.06. The second-order valence-electron chi connectivity index (χ2n) is 5.89. The summed E-state index contributed by atoms with van der Waals surface area (Å²) in [6, 6.07) is 8.17. The van der Waals surface area contributed by atoms with Crippen molar-refractivity contribution >= 4 is 49.0 Å². The van der Waals surface area contributed by atoms with Gasteiger partial charge >= 0.3 is 0 Å². The van der Waals surface area contributed by atoms with E-state index >= 15 is 0 Å². The molecule has 1 unspecified atom stereocenters. The van der Waals surface area contributed by atoms with Gasteiger partial charge < -0.3 is 5.32 Å².